The number of pyridine rings is 1. The lowest BCUT2D eigenvalue weighted by Crippen LogP contribution is -2.35. The molecule has 2 amide bonds. The maximum Gasteiger partial charge on any atom is 0.331 e. The first-order valence-electron chi connectivity index (χ1n) is 7.15. The fraction of sp³-hybridized carbons (Fsp3) is 0. The van der Waals surface area contributed by atoms with Crippen LogP contribution in [0.1, 0.15) is 0 Å². The molecule has 4 aromatic rings. The Bertz CT molecular complexity index is 1130. The van der Waals surface area contributed by atoms with E-state index in [1.165, 1.54) is 12.4 Å². The van der Waals surface area contributed by atoms with E-state index in [1.54, 1.807) is 16.8 Å². The van der Waals surface area contributed by atoms with E-state index in [1.807, 2.05) is 30.3 Å². The fourth-order valence-electron chi connectivity index (χ4n) is 2.64. The number of primary amides is 1. The van der Waals surface area contributed by atoms with Gasteiger partial charge in [-0.1, -0.05) is 30.3 Å². The standard InChI is InChI=1S/C16H12N6O2/c17-16(24)20-21-7-6-13-12(15(21)23)8-18-14-11(9-19-22(13)14)10-4-2-1-3-5-10/h1-9H,(H3,17,20,24). The smallest absolute Gasteiger partial charge is 0.331 e. The second-order valence-corrected chi connectivity index (χ2v) is 5.18. The number of nitrogens with two attached hydrogens (primary N) is 1. The van der Waals surface area contributed by atoms with Crippen LogP contribution in [0.4, 0.5) is 4.79 Å². The van der Waals surface area contributed by atoms with E-state index in [0.717, 1.165) is 15.8 Å². The number of aromatic nitrogens is 4. The van der Waals surface area contributed by atoms with Crippen LogP contribution in [-0.2, 0) is 0 Å². The van der Waals surface area contributed by atoms with Crippen molar-refractivity contribution in [1.82, 2.24) is 19.3 Å². The predicted molar refractivity (Wildman–Crippen MR) is 89.1 cm³/mol. The van der Waals surface area contributed by atoms with Crippen LogP contribution in [0.5, 0.6) is 0 Å². The number of fused-ring (bicyclic) bond motifs is 3. The van der Waals surface area contributed by atoms with Gasteiger partial charge in [-0.25, -0.2) is 24.4 Å². The monoisotopic (exact) mass is 320 g/mol. The lowest BCUT2D eigenvalue weighted by Gasteiger charge is -2.07. The van der Waals surface area contributed by atoms with E-state index >= 15 is 0 Å². The predicted octanol–water partition coefficient (Wildman–Crippen LogP) is 1.33. The summed E-state index contributed by atoms with van der Waals surface area (Å²) in [5.74, 6) is 0. The summed E-state index contributed by atoms with van der Waals surface area (Å²) in [5.41, 5.74) is 9.95. The summed E-state index contributed by atoms with van der Waals surface area (Å²) in [6, 6.07) is 10.6. The largest absolute Gasteiger partial charge is 0.350 e. The minimum absolute atomic E-state index is 0.321. The summed E-state index contributed by atoms with van der Waals surface area (Å²) in [4.78, 5) is 27.7. The van der Waals surface area contributed by atoms with E-state index in [4.69, 9.17) is 5.73 Å². The molecule has 0 aliphatic carbocycles. The quantitative estimate of drug-likeness (QED) is 0.581. The van der Waals surface area contributed by atoms with Crippen molar-refractivity contribution in [2.75, 3.05) is 5.43 Å². The van der Waals surface area contributed by atoms with Crippen molar-refractivity contribution >= 4 is 22.6 Å². The zero-order valence-electron chi connectivity index (χ0n) is 12.4. The number of urea groups is 1. The van der Waals surface area contributed by atoms with E-state index in [9.17, 15) is 9.59 Å². The van der Waals surface area contributed by atoms with Gasteiger partial charge in [-0.15, -0.1) is 0 Å². The molecule has 8 heteroatoms. The van der Waals surface area contributed by atoms with Gasteiger partial charge in [-0.3, -0.25) is 4.79 Å². The highest BCUT2D eigenvalue weighted by Gasteiger charge is 2.13. The summed E-state index contributed by atoms with van der Waals surface area (Å²) in [5, 5.41) is 4.67. The average Bonchev–Trinajstić information content (AvgIpc) is 3.02. The van der Waals surface area contributed by atoms with E-state index in [2.05, 4.69) is 15.5 Å². The molecule has 3 heterocycles. The van der Waals surface area contributed by atoms with Crippen molar-refractivity contribution in [2.24, 2.45) is 5.73 Å². The van der Waals surface area contributed by atoms with Crippen LogP contribution in [0.15, 0.2) is 59.8 Å². The molecule has 0 aliphatic heterocycles. The molecule has 0 aliphatic rings. The van der Waals surface area contributed by atoms with Gasteiger partial charge < -0.3 is 5.73 Å². The Morgan fingerprint density at radius 3 is 2.67 bits per heavy atom. The molecule has 0 unspecified atom stereocenters. The molecule has 24 heavy (non-hydrogen) atoms. The Morgan fingerprint density at radius 1 is 1.12 bits per heavy atom. The van der Waals surface area contributed by atoms with Crippen LogP contribution in [0.2, 0.25) is 0 Å². The lowest BCUT2D eigenvalue weighted by molar-refractivity contribution is 0.257. The lowest BCUT2D eigenvalue weighted by atomic mass is 10.1. The molecule has 8 nitrogen and oxygen atoms in total. The van der Waals surface area contributed by atoms with Crippen LogP contribution in [-0.4, -0.2) is 25.3 Å². The average molecular weight is 320 g/mol. The number of nitrogens with one attached hydrogen (secondary N) is 1. The number of nitrogens with zero attached hydrogens (tertiary/aromatic N) is 4. The summed E-state index contributed by atoms with van der Waals surface area (Å²) in [7, 11) is 0. The first kappa shape index (κ1) is 13.9. The zero-order chi connectivity index (χ0) is 16.7. The number of carbonyl (C=O) groups excluding carboxylic acids is 1. The number of hydrogen-bond acceptors (Lipinski definition) is 4. The molecule has 118 valence electrons. The molecule has 0 saturated carbocycles. The highest BCUT2D eigenvalue weighted by atomic mass is 16.2. The van der Waals surface area contributed by atoms with Crippen molar-refractivity contribution in [1.29, 1.82) is 0 Å². The zero-order valence-corrected chi connectivity index (χ0v) is 12.4. The van der Waals surface area contributed by atoms with Crippen molar-refractivity contribution in [3.63, 3.8) is 0 Å². The number of hydrogen-bond donors (Lipinski definition) is 2. The maximum absolute atomic E-state index is 12.4. The minimum atomic E-state index is -0.823. The van der Waals surface area contributed by atoms with E-state index in [0.29, 0.717) is 16.6 Å². The van der Waals surface area contributed by atoms with Gasteiger partial charge in [0.2, 0.25) is 0 Å². The molecule has 1 aromatic carbocycles. The molecule has 0 spiro atoms. The normalized spacial score (nSPS) is 11.0. The number of carbonyl (C=O) groups is 1. The Labute approximate surface area is 135 Å². The van der Waals surface area contributed by atoms with Crippen LogP contribution < -0.4 is 16.7 Å². The van der Waals surface area contributed by atoms with Gasteiger partial charge in [0, 0.05) is 18.0 Å². The fourth-order valence-corrected chi connectivity index (χ4v) is 2.64. The summed E-state index contributed by atoms with van der Waals surface area (Å²) in [6.45, 7) is 0. The second kappa shape index (κ2) is 5.20. The second-order valence-electron chi connectivity index (χ2n) is 5.18. The molecule has 3 N–H and O–H groups in total. The van der Waals surface area contributed by atoms with Gasteiger partial charge in [0.15, 0.2) is 5.65 Å². The molecule has 0 atom stereocenters. The van der Waals surface area contributed by atoms with E-state index < -0.39 is 11.6 Å². The first-order chi connectivity index (χ1) is 11.6. The van der Waals surface area contributed by atoms with Crippen molar-refractivity contribution < 1.29 is 4.79 Å². The van der Waals surface area contributed by atoms with Crippen LogP contribution in [0, 0.1) is 0 Å². The third-order valence-electron chi connectivity index (χ3n) is 3.71. The Balaban J connectivity index is 1.97. The topological polar surface area (TPSA) is 107 Å². The maximum atomic E-state index is 12.4. The third kappa shape index (κ3) is 2.09. The van der Waals surface area contributed by atoms with Crippen LogP contribution in [0.3, 0.4) is 0 Å². The van der Waals surface area contributed by atoms with Gasteiger partial charge in [0.05, 0.1) is 17.1 Å². The Morgan fingerprint density at radius 2 is 1.92 bits per heavy atom. The SMILES string of the molecule is NC(=O)Nn1ccc2c(cnc3c(-c4ccccc4)cnn32)c1=O. The molecule has 4 rings (SSSR count). The summed E-state index contributed by atoms with van der Waals surface area (Å²) >= 11 is 0. The van der Waals surface area contributed by atoms with Gasteiger partial charge in [0.1, 0.15) is 0 Å². The summed E-state index contributed by atoms with van der Waals surface area (Å²) < 4.78 is 2.62. The van der Waals surface area contributed by atoms with Crippen LogP contribution in [0.25, 0.3) is 27.7 Å². The molecular weight excluding hydrogens is 308 g/mol. The first-order valence-corrected chi connectivity index (χ1v) is 7.15. The number of amides is 2. The van der Waals surface area contributed by atoms with Gasteiger partial charge in [-0.05, 0) is 11.6 Å². The molecule has 0 radical (unpaired) electrons. The third-order valence-corrected chi connectivity index (χ3v) is 3.71. The number of rotatable bonds is 2. The van der Waals surface area contributed by atoms with Gasteiger partial charge >= 0.3 is 6.03 Å². The Kier molecular flexibility index (Phi) is 3.02. The molecule has 0 fully saturated rings. The highest BCUT2D eigenvalue weighted by Crippen LogP contribution is 2.24. The molecule has 0 bridgehead atoms. The molecule has 3 aromatic heterocycles. The molecule has 0 saturated heterocycles. The van der Waals surface area contributed by atoms with Crippen LogP contribution >= 0.6 is 0 Å². The highest BCUT2D eigenvalue weighted by molar-refractivity contribution is 5.85. The molecular formula is C16H12N6O2. The van der Waals surface area contributed by atoms with Crippen molar-refractivity contribution in [2.45, 2.75) is 0 Å². The number of benzene rings is 1. The van der Waals surface area contributed by atoms with Gasteiger partial charge in [0.25, 0.3) is 5.56 Å². The van der Waals surface area contributed by atoms with Gasteiger partial charge in [-0.2, -0.15) is 5.10 Å². The van der Waals surface area contributed by atoms with Crippen molar-refractivity contribution in [3.8, 4) is 11.1 Å². The van der Waals surface area contributed by atoms with E-state index in [-0.39, 0.29) is 0 Å². The Hall–Kier alpha value is -3.68. The minimum Gasteiger partial charge on any atom is -0.350 e. The van der Waals surface area contributed by atoms with Crippen molar-refractivity contribution in [3.05, 3.63) is 65.3 Å². The summed E-state index contributed by atoms with van der Waals surface area (Å²) in [6.07, 6.45) is 4.61.